The number of benzene rings is 2. The van der Waals surface area contributed by atoms with Gasteiger partial charge in [-0.2, -0.15) is 0 Å². The smallest absolute Gasteiger partial charge is 0.152 e. The van der Waals surface area contributed by atoms with Crippen LogP contribution in [-0.4, -0.2) is 53.1 Å². The summed E-state index contributed by atoms with van der Waals surface area (Å²) in [4.78, 5) is 0. The second-order valence-corrected chi connectivity index (χ2v) is 7.38. The summed E-state index contributed by atoms with van der Waals surface area (Å²) < 4.78 is 5.83. The van der Waals surface area contributed by atoms with Gasteiger partial charge in [0.15, 0.2) is 5.76 Å². The molecule has 0 saturated carbocycles. The first-order valence-corrected chi connectivity index (χ1v) is 9.12. The Morgan fingerprint density at radius 1 is 0.767 bits per heavy atom. The summed E-state index contributed by atoms with van der Waals surface area (Å²) in [5, 5.41) is 81.4. The van der Waals surface area contributed by atoms with Gasteiger partial charge in [-0.15, -0.1) is 0 Å². The third kappa shape index (κ3) is 3.09. The van der Waals surface area contributed by atoms with Crippen molar-refractivity contribution in [1.82, 2.24) is 0 Å². The quantitative estimate of drug-likeness (QED) is 0.366. The van der Waals surface area contributed by atoms with Gasteiger partial charge in [-0.3, -0.25) is 0 Å². The number of ether oxygens (including phenoxy) is 1. The van der Waals surface area contributed by atoms with Gasteiger partial charge in [-0.25, -0.2) is 0 Å². The maximum Gasteiger partial charge on any atom is 0.152 e. The van der Waals surface area contributed by atoms with E-state index in [1.54, 1.807) is 0 Å². The molecule has 4 atom stereocenters. The molecule has 1 unspecified atom stereocenters. The Morgan fingerprint density at radius 2 is 1.33 bits per heavy atom. The number of aromatic hydroxyl groups is 5. The molecule has 0 bridgehead atoms. The predicted octanol–water partition coefficient (Wildman–Crippen LogP) is 2.37. The number of hydrogen-bond acceptors (Lipinski definition) is 9. The molecular weight excluding hydrogens is 396 g/mol. The standard InChI is InChI=1S/C21H20O9/c22-9-4-13(26)17(14(27)5-9)19-18-15(28)6-10(23)7-16(18)30-21(20(19)29)8-1-2-11(24)12(25)3-8/h1-2,4-8,19-29H,3H2/t8?,19-,20+,21+/m0/s1. The van der Waals surface area contributed by atoms with Crippen LogP contribution >= 0.6 is 0 Å². The fourth-order valence-corrected chi connectivity index (χ4v) is 4.10. The Kier molecular flexibility index (Phi) is 4.54. The number of aliphatic hydroxyl groups is 3. The van der Waals surface area contributed by atoms with Crippen LogP contribution in [0.2, 0.25) is 0 Å². The number of phenols is 5. The highest BCUT2D eigenvalue weighted by molar-refractivity contribution is 5.61. The SMILES string of the molecule is OC1=C(O)CC([C@H]2Oc3cc(O)cc(O)c3[C@H](c3c(O)cc(O)cc3O)[C@H]2O)C=C1. The molecule has 30 heavy (non-hydrogen) atoms. The second-order valence-electron chi connectivity index (χ2n) is 7.38. The lowest BCUT2D eigenvalue weighted by Gasteiger charge is -2.40. The summed E-state index contributed by atoms with van der Waals surface area (Å²) in [6, 6.07) is 4.21. The van der Waals surface area contributed by atoms with Gasteiger partial charge < -0.3 is 45.6 Å². The molecule has 158 valence electrons. The predicted molar refractivity (Wildman–Crippen MR) is 103 cm³/mol. The lowest BCUT2D eigenvalue weighted by molar-refractivity contribution is -0.0165. The summed E-state index contributed by atoms with van der Waals surface area (Å²) in [7, 11) is 0. The van der Waals surface area contributed by atoms with Gasteiger partial charge in [-0.1, -0.05) is 6.08 Å². The van der Waals surface area contributed by atoms with Crippen molar-refractivity contribution in [3.63, 3.8) is 0 Å². The normalized spacial score (nSPS) is 25.6. The molecule has 9 nitrogen and oxygen atoms in total. The molecule has 0 fully saturated rings. The summed E-state index contributed by atoms with van der Waals surface area (Å²) in [6.07, 6.45) is 0.272. The van der Waals surface area contributed by atoms with Crippen molar-refractivity contribution < 1.29 is 45.6 Å². The average Bonchev–Trinajstić information content (AvgIpc) is 2.64. The van der Waals surface area contributed by atoms with Crippen LogP contribution in [0.25, 0.3) is 0 Å². The molecule has 2 aromatic carbocycles. The van der Waals surface area contributed by atoms with Gasteiger partial charge in [0.05, 0.1) is 5.92 Å². The van der Waals surface area contributed by atoms with Crippen LogP contribution in [0.3, 0.4) is 0 Å². The van der Waals surface area contributed by atoms with Crippen LogP contribution in [0.15, 0.2) is 47.9 Å². The molecule has 8 N–H and O–H groups in total. The molecule has 0 spiro atoms. The minimum Gasteiger partial charge on any atom is -0.508 e. The Bertz CT molecular complexity index is 1050. The largest absolute Gasteiger partial charge is 0.508 e. The van der Waals surface area contributed by atoms with Crippen LogP contribution in [0.5, 0.6) is 34.5 Å². The number of rotatable bonds is 2. The van der Waals surface area contributed by atoms with E-state index in [2.05, 4.69) is 0 Å². The molecule has 2 aromatic rings. The van der Waals surface area contributed by atoms with E-state index in [1.165, 1.54) is 18.2 Å². The molecule has 1 aliphatic carbocycles. The van der Waals surface area contributed by atoms with Crippen molar-refractivity contribution in [3.05, 3.63) is 59.1 Å². The second kappa shape index (κ2) is 6.96. The summed E-state index contributed by atoms with van der Waals surface area (Å²) in [5.74, 6) is -4.59. The van der Waals surface area contributed by atoms with Gasteiger partial charge in [0.25, 0.3) is 0 Å². The number of hydrogen-bond donors (Lipinski definition) is 8. The molecule has 1 aliphatic heterocycles. The molecule has 0 amide bonds. The van der Waals surface area contributed by atoms with E-state index in [4.69, 9.17) is 4.74 Å². The molecule has 2 aliphatic rings. The van der Waals surface area contributed by atoms with Crippen molar-refractivity contribution in [1.29, 1.82) is 0 Å². The summed E-state index contributed by atoms with van der Waals surface area (Å²) in [6.45, 7) is 0. The molecular formula is C21H20O9. The van der Waals surface area contributed by atoms with E-state index < -0.39 is 47.0 Å². The highest BCUT2D eigenvalue weighted by atomic mass is 16.5. The first kappa shape index (κ1) is 19.6. The maximum absolute atomic E-state index is 11.2. The van der Waals surface area contributed by atoms with Gasteiger partial charge in [-0.05, 0) is 6.08 Å². The van der Waals surface area contributed by atoms with Crippen molar-refractivity contribution in [2.45, 2.75) is 24.5 Å². The maximum atomic E-state index is 11.2. The highest BCUT2D eigenvalue weighted by Gasteiger charge is 2.45. The van der Waals surface area contributed by atoms with Crippen LogP contribution in [0, 0.1) is 5.92 Å². The Labute approximate surface area is 170 Å². The third-order valence-electron chi connectivity index (χ3n) is 5.44. The van der Waals surface area contributed by atoms with E-state index >= 15 is 0 Å². The van der Waals surface area contributed by atoms with E-state index in [1.807, 2.05) is 0 Å². The fraction of sp³-hybridized carbons (Fsp3) is 0.238. The topological polar surface area (TPSA) is 171 Å². The molecule has 9 heteroatoms. The van der Waals surface area contributed by atoms with Gasteiger partial charge in [0.2, 0.25) is 0 Å². The molecule has 0 radical (unpaired) electrons. The van der Waals surface area contributed by atoms with E-state index in [0.717, 1.165) is 18.2 Å². The number of phenolic OH excluding ortho intramolecular Hbond substituents is 5. The Balaban J connectivity index is 1.88. The zero-order chi connectivity index (χ0) is 21.7. The zero-order valence-corrected chi connectivity index (χ0v) is 15.5. The average molecular weight is 416 g/mol. The van der Waals surface area contributed by atoms with E-state index in [-0.39, 0.29) is 40.6 Å². The van der Waals surface area contributed by atoms with E-state index in [0.29, 0.717) is 0 Å². The Morgan fingerprint density at radius 3 is 1.93 bits per heavy atom. The minimum atomic E-state index is -1.43. The summed E-state index contributed by atoms with van der Waals surface area (Å²) >= 11 is 0. The van der Waals surface area contributed by atoms with Crippen molar-refractivity contribution in [2.75, 3.05) is 0 Å². The van der Waals surface area contributed by atoms with Crippen LogP contribution in [0.1, 0.15) is 23.5 Å². The van der Waals surface area contributed by atoms with Crippen molar-refractivity contribution in [2.24, 2.45) is 5.92 Å². The monoisotopic (exact) mass is 416 g/mol. The van der Waals surface area contributed by atoms with Gasteiger partial charge in [0.1, 0.15) is 52.5 Å². The molecule has 1 heterocycles. The van der Waals surface area contributed by atoms with Crippen molar-refractivity contribution >= 4 is 0 Å². The zero-order valence-electron chi connectivity index (χ0n) is 15.5. The van der Waals surface area contributed by atoms with E-state index in [9.17, 15) is 40.9 Å². The van der Waals surface area contributed by atoms with Crippen LogP contribution in [-0.2, 0) is 0 Å². The Hall–Kier alpha value is -3.72. The first-order valence-electron chi connectivity index (χ1n) is 9.12. The molecule has 0 aromatic heterocycles. The summed E-state index contributed by atoms with van der Waals surface area (Å²) in [5.41, 5.74) is -0.131. The number of aliphatic hydroxyl groups excluding tert-OH is 3. The van der Waals surface area contributed by atoms with Gasteiger partial charge >= 0.3 is 0 Å². The third-order valence-corrected chi connectivity index (χ3v) is 5.44. The van der Waals surface area contributed by atoms with Crippen LogP contribution < -0.4 is 4.74 Å². The van der Waals surface area contributed by atoms with Gasteiger partial charge in [0, 0.05) is 47.7 Å². The number of fused-ring (bicyclic) bond motifs is 1. The van der Waals surface area contributed by atoms with Crippen LogP contribution in [0.4, 0.5) is 0 Å². The lowest BCUT2D eigenvalue weighted by Crippen LogP contribution is -2.45. The number of allylic oxidation sites excluding steroid dienone is 2. The fourth-order valence-electron chi connectivity index (χ4n) is 4.10. The van der Waals surface area contributed by atoms with Crippen molar-refractivity contribution in [3.8, 4) is 34.5 Å². The first-order chi connectivity index (χ1) is 14.2. The molecule has 0 saturated heterocycles. The minimum absolute atomic E-state index is 0.00587. The highest BCUT2D eigenvalue weighted by Crippen LogP contribution is 2.53. The molecule has 4 rings (SSSR count). The lowest BCUT2D eigenvalue weighted by atomic mass is 9.76.